The zero-order valence-corrected chi connectivity index (χ0v) is 13.2. The first-order chi connectivity index (χ1) is 11.5. The average Bonchev–Trinajstić information content (AvgIpc) is 2.93. The molecule has 8 heteroatoms. The first-order valence-electron chi connectivity index (χ1n) is 7.72. The molecule has 1 aromatic heterocycles. The Labute approximate surface area is 138 Å². The normalized spacial score (nSPS) is 20.9. The molecule has 8 nitrogen and oxygen atoms in total. The fraction of sp³-hybridized carbons (Fsp3) is 0.438. The van der Waals surface area contributed by atoms with E-state index in [0.717, 1.165) is 11.3 Å². The minimum Gasteiger partial charge on any atom is -0.480 e. The van der Waals surface area contributed by atoms with Crippen LogP contribution in [-0.2, 0) is 14.3 Å². The molecule has 128 valence electrons. The molecule has 1 aromatic carbocycles. The summed E-state index contributed by atoms with van der Waals surface area (Å²) < 4.78 is 10.6. The van der Waals surface area contributed by atoms with Gasteiger partial charge in [0, 0.05) is 6.61 Å². The van der Waals surface area contributed by atoms with E-state index in [1.54, 1.807) is 12.1 Å². The Morgan fingerprint density at radius 3 is 3.12 bits per heavy atom. The van der Waals surface area contributed by atoms with Crippen LogP contribution < -0.4 is 5.32 Å². The number of ether oxygens (including phenoxy) is 2. The number of aromatic nitrogens is 2. The zero-order valence-electron chi connectivity index (χ0n) is 13.2. The number of carboxylic acids is 1. The number of hydrogen-bond acceptors (Lipinski definition) is 5. The molecule has 3 rings (SSSR count). The van der Waals surface area contributed by atoms with E-state index in [0.29, 0.717) is 24.1 Å². The summed E-state index contributed by atoms with van der Waals surface area (Å²) in [5.74, 6) is -0.579. The number of para-hydroxylation sites is 1. The number of aromatic amines is 1. The highest BCUT2D eigenvalue weighted by Crippen LogP contribution is 2.18. The van der Waals surface area contributed by atoms with Gasteiger partial charge in [0.05, 0.1) is 23.7 Å². The van der Waals surface area contributed by atoms with Crippen molar-refractivity contribution in [3.05, 3.63) is 29.6 Å². The molecule has 0 radical (unpaired) electrons. The van der Waals surface area contributed by atoms with Gasteiger partial charge < -0.3 is 24.9 Å². The Kier molecular flexibility index (Phi) is 4.77. The molecule has 2 aromatic rings. The standard InChI is InChI=1S/C16H19N3O5/c1-9-17-12-4-2-3-10(15(12)18-9)16(22)19-11-5-6-23-7-13(11)24-8-14(20)21/h2-4,11,13H,5-8H2,1H3,(H,17,18)(H,19,22)(H,20,21)/t11-,13-/m1/s1. The second-order valence-corrected chi connectivity index (χ2v) is 5.71. The molecule has 1 aliphatic rings. The van der Waals surface area contributed by atoms with E-state index in [4.69, 9.17) is 14.6 Å². The first kappa shape index (κ1) is 16.4. The Bertz CT molecular complexity index is 757. The maximum atomic E-state index is 12.6. The number of hydrogen-bond donors (Lipinski definition) is 3. The summed E-state index contributed by atoms with van der Waals surface area (Å²) in [7, 11) is 0. The molecule has 24 heavy (non-hydrogen) atoms. The summed E-state index contributed by atoms with van der Waals surface area (Å²) in [6, 6.07) is 5.06. The van der Waals surface area contributed by atoms with E-state index < -0.39 is 18.7 Å². The van der Waals surface area contributed by atoms with Crippen LogP contribution in [-0.4, -0.2) is 58.9 Å². The Morgan fingerprint density at radius 1 is 1.50 bits per heavy atom. The number of aryl methyl sites for hydroxylation is 1. The van der Waals surface area contributed by atoms with E-state index in [-0.39, 0.29) is 18.6 Å². The molecule has 0 bridgehead atoms. The van der Waals surface area contributed by atoms with Crippen LogP contribution in [0.1, 0.15) is 22.6 Å². The number of nitrogens with one attached hydrogen (secondary N) is 2. The molecule has 0 aliphatic carbocycles. The molecule has 3 N–H and O–H groups in total. The van der Waals surface area contributed by atoms with Crippen LogP contribution in [0.3, 0.4) is 0 Å². The first-order valence-corrected chi connectivity index (χ1v) is 7.72. The van der Waals surface area contributed by atoms with Gasteiger partial charge in [-0.1, -0.05) is 6.07 Å². The lowest BCUT2D eigenvalue weighted by molar-refractivity contribution is -0.148. The minimum atomic E-state index is -1.05. The highest BCUT2D eigenvalue weighted by atomic mass is 16.5. The van der Waals surface area contributed by atoms with E-state index >= 15 is 0 Å². The second kappa shape index (κ2) is 6.98. The Hall–Kier alpha value is -2.45. The van der Waals surface area contributed by atoms with E-state index in [9.17, 15) is 9.59 Å². The predicted octanol–water partition coefficient (Wildman–Crippen LogP) is 0.860. The van der Waals surface area contributed by atoms with Gasteiger partial charge in [0.15, 0.2) is 0 Å². The summed E-state index contributed by atoms with van der Waals surface area (Å²) in [4.78, 5) is 30.8. The number of H-pyrrole nitrogens is 1. The molecule has 1 amide bonds. The highest BCUT2D eigenvalue weighted by Gasteiger charge is 2.29. The van der Waals surface area contributed by atoms with Crippen molar-refractivity contribution in [3.63, 3.8) is 0 Å². The molecular weight excluding hydrogens is 314 g/mol. The second-order valence-electron chi connectivity index (χ2n) is 5.71. The summed E-state index contributed by atoms with van der Waals surface area (Å²) in [5.41, 5.74) is 1.88. The molecule has 2 atom stereocenters. The quantitative estimate of drug-likeness (QED) is 0.748. The Balaban J connectivity index is 1.75. The van der Waals surface area contributed by atoms with E-state index in [1.165, 1.54) is 0 Å². The van der Waals surface area contributed by atoms with Crippen molar-refractivity contribution in [2.45, 2.75) is 25.5 Å². The maximum Gasteiger partial charge on any atom is 0.329 e. The van der Waals surface area contributed by atoms with Gasteiger partial charge in [-0.2, -0.15) is 0 Å². The lowest BCUT2D eigenvalue weighted by atomic mass is 10.0. The van der Waals surface area contributed by atoms with Gasteiger partial charge in [0.25, 0.3) is 5.91 Å². The zero-order chi connectivity index (χ0) is 17.1. The van der Waals surface area contributed by atoms with Gasteiger partial charge >= 0.3 is 5.97 Å². The van der Waals surface area contributed by atoms with Crippen molar-refractivity contribution in [2.75, 3.05) is 19.8 Å². The number of nitrogens with zero attached hydrogens (tertiary/aromatic N) is 1. The van der Waals surface area contributed by atoms with Crippen molar-refractivity contribution >= 4 is 22.9 Å². The smallest absolute Gasteiger partial charge is 0.329 e. The number of benzene rings is 1. The average molecular weight is 333 g/mol. The fourth-order valence-corrected chi connectivity index (χ4v) is 2.80. The number of aliphatic carboxylic acids is 1. The molecule has 1 aliphatic heterocycles. The van der Waals surface area contributed by atoms with E-state index in [2.05, 4.69) is 15.3 Å². The van der Waals surface area contributed by atoms with Gasteiger partial charge in [-0.15, -0.1) is 0 Å². The molecular formula is C16H19N3O5. The number of carboxylic acid groups (broad SMARTS) is 1. The molecule has 2 heterocycles. The van der Waals surface area contributed by atoms with Crippen LogP contribution in [0.4, 0.5) is 0 Å². The molecule has 0 spiro atoms. The number of amides is 1. The molecule has 0 saturated carbocycles. The number of carbonyl (C=O) groups excluding carboxylic acids is 1. The third-order valence-corrected chi connectivity index (χ3v) is 3.92. The number of fused-ring (bicyclic) bond motifs is 1. The Morgan fingerprint density at radius 2 is 2.33 bits per heavy atom. The molecule has 1 fully saturated rings. The third-order valence-electron chi connectivity index (χ3n) is 3.92. The van der Waals surface area contributed by atoms with Crippen LogP contribution in [0, 0.1) is 6.92 Å². The molecule has 1 saturated heterocycles. The topological polar surface area (TPSA) is 114 Å². The van der Waals surface area contributed by atoms with Crippen LogP contribution in [0.15, 0.2) is 18.2 Å². The predicted molar refractivity (Wildman–Crippen MR) is 84.9 cm³/mol. The summed E-state index contributed by atoms with van der Waals surface area (Å²) >= 11 is 0. The number of carbonyl (C=O) groups is 2. The lowest BCUT2D eigenvalue weighted by Crippen LogP contribution is -2.50. The monoisotopic (exact) mass is 333 g/mol. The minimum absolute atomic E-state index is 0.254. The summed E-state index contributed by atoms with van der Waals surface area (Å²) in [5, 5.41) is 11.7. The SMILES string of the molecule is Cc1nc2c(C(=O)N[C@@H]3CCOC[C@H]3OCC(=O)O)cccc2[nH]1. The molecule has 0 unspecified atom stereocenters. The number of imidazole rings is 1. The van der Waals surface area contributed by atoms with Crippen LogP contribution in [0.2, 0.25) is 0 Å². The van der Waals surface area contributed by atoms with Crippen molar-refractivity contribution in [2.24, 2.45) is 0 Å². The van der Waals surface area contributed by atoms with Crippen molar-refractivity contribution in [1.82, 2.24) is 15.3 Å². The third kappa shape index (κ3) is 3.55. The van der Waals surface area contributed by atoms with Crippen molar-refractivity contribution in [3.8, 4) is 0 Å². The van der Waals surface area contributed by atoms with Gasteiger partial charge in [-0.25, -0.2) is 9.78 Å². The summed E-state index contributed by atoms with van der Waals surface area (Å²) in [6.45, 7) is 2.15. The largest absolute Gasteiger partial charge is 0.480 e. The van der Waals surface area contributed by atoms with Crippen molar-refractivity contribution in [1.29, 1.82) is 0 Å². The van der Waals surface area contributed by atoms with Gasteiger partial charge in [-0.05, 0) is 25.5 Å². The highest BCUT2D eigenvalue weighted by molar-refractivity contribution is 6.05. The lowest BCUT2D eigenvalue weighted by Gasteiger charge is -2.31. The fourth-order valence-electron chi connectivity index (χ4n) is 2.80. The van der Waals surface area contributed by atoms with Gasteiger partial charge in [0.1, 0.15) is 24.1 Å². The van der Waals surface area contributed by atoms with Crippen LogP contribution in [0.5, 0.6) is 0 Å². The summed E-state index contributed by atoms with van der Waals surface area (Å²) in [6.07, 6.45) is 0.0740. The van der Waals surface area contributed by atoms with Crippen LogP contribution in [0.25, 0.3) is 11.0 Å². The number of rotatable bonds is 5. The van der Waals surface area contributed by atoms with Gasteiger partial charge in [-0.3, -0.25) is 4.79 Å². The van der Waals surface area contributed by atoms with Gasteiger partial charge in [0.2, 0.25) is 0 Å². The van der Waals surface area contributed by atoms with Crippen molar-refractivity contribution < 1.29 is 24.2 Å². The van der Waals surface area contributed by atoms with E-state index in [1.807, 2.05) is 13.0 Å². The van der Waals surface area contributed by atoms with Crippen LogP contribution >= 0.6 is 0 Å². The maximum absolute atomic E-state index is 12.6.